The van der Waals surface area contributed by atoms with Crippen molar-refractivity contribution in [3.63, 3.8) is 0 Å². The highest BCUT2D eigenvalue weighted by molar-refractivity contribution is 7.89. The molecule has 1 aromatic rings. The molecule has 0 amide bonds. The molecule has 0 saturated carbocycles. The first-order chi connectivity index (χ1) is 11.1. The minimum atomic E-state index is -3.26. The molecule has 5 nitrogen and oxygen atoms in total. The fraction of sp³-hybridized carbons (Fsp3) is 0.647. The van der Waals surface area contributed by atoms with E-state index >= 15 is 0 Å². The van der Waals surface area contributed by atoms with Crippen molar-refractivity contribution in [1.29, 1.82) is 0 Å². The molecule has 1 aromatic carbocycles. The van der Waals surface area contributed by atoms with Gasteiger partial charge in [0.2, 0.25) is 10.0 Å². The summed E-state index contributed by atoms with van der Waals surface area (Å²) in [6.07, 6.45) is 5.14. The van der Waals surface area contributed by atoms with Crippen molar-refractivity contribution in [2.24, 2.45) is 0 Å². The van der Waals surface area contributed by atoms with Gasteiger partial charge in [0.05, 0.1) is 11.9 Å². The highest BCUT2D eigenvalue weighted by Crippen LogP contribution is 2.24. The highest BCUT2D eigenvalue weighted by Gasteiger charge is 2.20. The fourth-order valence-corrected chi connectivity index (χ4v) is 4.44. The summed E-state index contributed by atoms with van der Waals surface area (Å²) in [5.74, 6) is 0.142. The second kappa shape index (κ2) is 7.64. The van der Waals surface area contributed by atoms with Crippen molar-refractivity contribution in [3.05, 3.63) is 29.8 Å². The lowest BCUT2D eigenvalue weighted by molar-refractivity contribution is 0.109. The quantitative estimate of drug-likeness (QED) is 0.829. The molecule has 2 aliphatic heterocycles. The molecular weight excluding hydrogens is 312 g/mol. The van der Waals surface area contributed by atoms with E-state index in [1.165, 1.54) is 12.8 Å². The summed E-state index contributed by atoms with van der Waals surface area (Å²) in [5, 5.41) is 0. The van der Waals surface area contributed by atoms with Crippen molar-refractivity contribution in [1.82, 2.24) is 4.72 Å². The van der Waals surface area contributed by atoms with Gasteiger partial charge in [-0.2, -0.15) is 0 Å². The van der Waals surface area contributed by atoms with E-state index in [4.69, 9.17) is 4.74 Å². The molecule has 0 aliphatic carbocycles. The first-order valence-corrected chi connectivity index (χ1v) is 10.2. The van der Waals surface area contributed by atoms with Crippen LogP contribution in [0.3, 0.4) is 0 Å². The number of sulfonamides is 1. The van der Waals surface area contributed by atoms with Gasteiger partial charge in [0.1, 0.15) is 0 Å². The zero-order chi connectivity index (χ0) is 16.1. The summed E-state index contributed by atoms with van der Waals surface area (Å²) < 4.78 is 32.7. The predicted octanol–water partition coefficient (Wildman–Crippen LogP) is 2.28. The summed E-state index contributed by atoms with van der Waals surface area (Å²) >= 11 is 0. The van der Waals surface area contributed by atoms with E-state index in [2.05, 4.69) is 15.7 Å². The van der Waals surface area contributed by atoms with Crippen LogP contribution in [0.4, 0.5) is 5.69 Å². The van der Waals surface area contributed by atoms with E-state index in [0.717, 1.165) is 43.8 Å². The molecule has 1 atom stereocenters. The molecule has 2 heterocycles. The Morgan fingerprint density at radius 2 is 1.96 bits per heavy atom. The Balaban J connectivity index is 1.56. The molecule has 23 heavy (non-hydrogen) atoms. The standard InChI is InChI=1S/C17H26N2O3S/c20-23(21,13-9-16-7-5-12-22-16)18-14-15-6-1-2-8-17(15)19-10-3-4-11-19/h1-2,6,8,16,18H,3-5,7,9-14H2/t16-/m0/s1. The minimum absolute atomic E-state index is 0.114. The first-order valence-electron chi connectivity index (χ1n) is 8.56. The number of hydrogen-bond acceptors (Lipinski definition) is 4. The molecule has 0 bridgehead atoms. The molecule has 0 radical (unpaired) electrons. The number of rotatable bonds is 7. The maximum Gasteiger partial charge on any atom is 0.211 e. The Hall–Kier alpha value is -1.11. The van der Waals surface area contributed by atoms with Crippen LogP contribution in [-0.4, -0.2) is 40.0 Å². The van der Waals surface area contributed by atoms with E-state index in [9.17, 15) is 8.42 Å². The minimum Gasteiger partial charge on any atom is -0.378 e. The second-order valence-electron chi connectivity index (χ2n) is 6.39. The molecule has 3 rings (SSSR count). The van der Waals surface area contributed by atoms with Crippen molar-refractivity contribution in [3.8, 4) is 0 Å². The van der Waals surface area contributed by atoms with Crippen LogP contribution in [0.15, 0.2) is 24.3 Å². The molecule has 2 saturated heterocycles. The maximum absolute atomic E-state index is 12.2. The van der Waals surface area contributed by atoms with Crippen LogP contribution >= 0.6 is 0 Å². The zero-order valence-corrected chi connectivity index (χ0v) is 14.4. The smallest absolute Gasteiger partial charge is 0.211 e. The molecule has 128 valence electrons. The second-order valence-corrected chi connectivity index (χ2v) is 8.31. The molecular formula is C17H26N2O3S. The van der Waals surface area contributed by atoms with Crippen LogP contribution in [0.1, 0.15) is 37.7 Å². The average Bonchev–Trinajstić information content (AvgIpc) is 3.25. The van der Waals surface area contributed by atoms with Gasteiger partial charge in [0.15, 0.2) is 0 Å². The number of para-hydroxylation sites is 1. The number of nitrogens with one attached hydrogen (secondary N) is 1. The number of ether oxygens (including phenoxy) is 1. The third-order valence-electron chi connectivity index (χ3n) is 4.65. The first kappa shape index (κ1) is 16.7. The Morgan fingerprint density at radius 3 is 2.70 bits per heavy atom. The molecule has 0 unspecified atom stereocenters. The SMILES string of the molecule is O=S(=O)(CC[C@@H]1CCCO1)NCc1ccccc1N1CCCC1. The van der Waals surface area contributed by atoms with Crippen LogP contribution < -0.4 is 9.62 Å². The lowest BCUT2D eigenvalue weighted by Gasteiger charge is -2.21. The van der Waals surface area contributed by atoms with Gasteiger partial charge in [0.25, 0.3) is 0 Å². The summed E-state index contributed by atoms with van der Waals surface area (Å²) in [5.41, 5.74) is 2.21. The fourth-order valence-electron chi connectivity index (χ4n) is 3.35. The highest BCUT2D eigenvalue weighted by atomic mass is 32.2. The normalized spacial score (nSPS) is 21.9. The van der Waals surface area contributed by atoms with Crippen LogP contribution in [-0.2, 0) is 21.3 Å². The van der Waals surface area contributed by atoms with Crippen molar-refractivity contribution in [2.45, 2.75) is 44.8 Å². The van der Waals surface area contributed by atoms with Crippen molar-refractivity contribution < 1.29 is 13.2 Å². The van der Waals surface area contributed by atoms with Crippen molar-refractivity contribution >= 4 is 15.7 Å². The Bertz CT molecular complexity index is 606. The number of benzene rings is 1. The van der Waals surface area contributed by atoms with Gasteiger partial charge in [-0.25, -0.2) is 13.1 Å². The predicted molar refractivity (Wildman–Crippen MR) is 92.1 cm³/mol. The number of nitrogens with zero attached hydrogens (tertiary/aromatic N) is 1. The van der Waals surface area contributed by atoms with Gasteiger partial charge < -0.3 is 9.64 Å². The molecule has 2 aliphatic rings. The number of hydrogen-bond donors (Lipinski definition) is 1. The van der Waals surface area contributed by atoms with Gasteiger partial charge in [-0.05, 0) is 43.7 Å². The summed E-state index contributed by atoms with van der Waals surface area (Å²) in [7, 11) is -3.26. The van der Waals surface area contributed by atoms with E-state index in [1.54, 1.807) is 0 Å². The van der Waals surface area contributed by atoms with Crippen molar-refractivity contribution in [2.75, 3.05) is 30.3 Å². The topological polar surface area (TPSA) is 58.6 Å². The largest absolute Gasteiger partial charge is 0.378 e. The lowest BCUT2D eigenvalue weighted by atomic mass is 10.1. The maximum atomic E-state index is 12.2. The molecule has 1 N–H and O–H groups in total. The zero-order valence-electron chi connectivity index (χ0n) is 13.5. The van der Waals surface area contributed by atoms with E-state index in [1.807, 2.05) is 18.2 Å². The van der Waals surface area contributed by atoms with Gasteiger partial charge in [-0.3, -0.25) is 0 Å². The van der Waals surface area contributed by atoms with Gasteiger partial charge >= 0.3 is 0 Å². The third-order valence-corrected chi connectivity index (χ3v) is 6.01. The van der Waals surface area contributed by atoms with E-state index < -0.39 is 10.0 Å². The molecule has 2 fully saturated rings. The Labute approximate surface area is 139 Å². The summed E-state index contributed by atoms with van der Waals surface area (Å²) in [6.45, 7) is 3.24. The van der Waals surface area contributed by atoms with Crippen LogP contribution in [0.5, 0.6) is 0 Å². The van der Waals surface area contributed by atoms with Gasteiger partial charge in [0, 0.05) is 31.9 Å². The monoisotopic (exact) mass is 338 g/mol. The average molecular weight is 338 g/mol. The lowest BCUT2D eigenvalue weighted by Crippen LogP contribution is -2.29. The molecule has 0 aromatic heterocycles. The van der Waals surface area contributed by atoms with Crippen LogP contribution in [0, 0.1) is 0 Å². The third kappa shape index (κ3) is 4.68. The van der Waals surface area contributed by atoms with E-state index in [-0.39, 0.29) is 11.9 Å². The Kier molecular flexibility index (Phi) is 5.56. The van der Waals surface area contributed by atoms with Gasteiger partial charge in [-0.15, -0.1) is 0 Å². The van der Waals surface area contributed by atoms with E-state index in [0.29, 0.717) is 13.0 Å². The van der Waals surface area contributed by atoms with Crippen LogP contribution in [0.2, 0.25) is 0 Å². The summed E-state index contributed by atoms with van der Waals surface area (Å²) in [4.78, 5) is 2.34. The summed E-state index contributed by atoms with van der Waals surface area (Å²) in [6, 6.07) is 8.08. The Morgan fingerprint density at radius 1 is 1.17 bits per heavy atom. The van der Waals surface area contributed by atoms with Crippen LogP contribution in [0.25, 0.3) is 0 Å². The molecule has 6 heteroatoms. The van der Waals surface area contributed by atoms with Gasteiger partial charge in [-0.1, -0.05) is 18.2 Å². The molecule has 0 spiro atoms. The number of anilines is 1.